The van der Waals surface area contributed by atoms with Crippen molar-refractivity contribution < 1.29 is 5.21 Å². The van der Waals surface area contributed by atoms with Gasteiger partial charge in [-0.05, 0) is 0 Å². The molecule has 0 unspecified atom stereocenters. The van der Waals surface area contributed by atoms with Crippen molar-refractivity contribution in [1.82, 2.24) is 9.97 Å². The third-order valence-corrected chi connectivity index (χ3v) is 1.40. The smallest absolute Gasteiger partial charge is 0.155 e. The van der Waals surface area contributed by atoms with E-state index in [2.05, 4.69) is 15.1 Å². The van der Waals surface area contributed by atoms with Gasteiger partial charge in [-0.1, -0.05) is 19.0 Å². The lowest BCUT2D eigenvalue weighted by Crippen LogP contribution is -2.10. The minimum atomic E-state index is 0.172. The van der Waals surface area contributed by atoms with Crippen LogP contribution in [0.3, 0.4) is 0 Å². The molecule has 0 atom stereocenters. The number of oxime groups is 1. The van der Waals surface area contributed by atoms with Gasteiger partial charge in [-0.15, -0.1) is 0 Å². The van der Waals surface area contributed by atoms with E-state index in [-0.39, 0.29) is 5.92 Å². The number of nitrogens with zero attached hydrogens (tertiary/aromatic N) is 2. The van der Waals surface area contributed by atoms with Crippen LogP contribution in [-0.4, -0.2) is 20.9 Å². The molecule has 60 valence electrons. The number of rotatable bonds is 2. The molecule has 4 heteroatoms. The molecule has 0 aromatic carbocycles. The van der Waals surface area contributed by atoms with Crippen LogP contribution in [0.5, 0.6) is 0 Å². The largest absolute Gasteiger partial charge is 0.411 e. The summed E-state index contributed by atoms with van der Waals surface area (Å²) in [7, 11) is 0. The Hall–Kier alpha value is -1.32. The van der Waals surface area contributed by atoms with Gasteiger partial charge < -0.3 is 10.2 Å². The van der Waals surface area contributed by atoms with Crippen LogP contribution >= 0.6 is 0 Å². The average molecular weight is 153 g/mol. The van der Waals surface area contributed by atoms with Crippen LogP contribution in [0.15, 0.2) is 17.5 Å². The molecule has 4 nitrogen and oxygen atoms in total. The van der Waals surface area contributed by atoms with E-state index in [0.717, 1.165) is 0 Å². The van der Waals surface area contributed by atoms with E-state index in [1.165, 1.54) is 0 Å². The molecule has 1 heterocycles. The van der Waals surface area contributed by atoms with Gasteiger partial charge in [-0.25, -0.2) is 4.98 Å². The second kappa shape index (κ2) is 3.18. The number of aromatic nitrogens is 2. The standard InChI is InChI=1S/C7H11N3O/c1-5(2)6(10-11)7-8-3-4-9-7/h3-5,11H,1-2H3,(H,8,9). The molecule has 1 aromatic rings. The Morgan fingerprint density at radius 2 is 2.45 bits per heavy atom. The summed E-state index contributed by atoms with van der Waals surface area (Å²) in [5.74, 6) is 0.800. The van der Waals surface area contributed by atoms with E-state index in [0.29, 0.717) is 11.5 Å². The fraction of sp³-hybridized carbons (Fsp3) is 0.429. The number of aromatic amines is 1. The molecule has 1 aromatic heterocycles. The lowest BCUT2D eigenvalue weighted by Gasteiger charge is -2.02. The highest BCUT2D eigenvalue weighted by molar-refractivity contribution is 5.98. The Morgan fingerprint density at radius 3 is 2.82 bits per heavy atom. The van der Waals surface area contributed by atoms with Crippen LogP contribution < -0.4 is 0 Å². The Labute approximate surface area is 65.0 Å². The number of nitrogens with one attached hydrogen (secondary N) is 1. The summed E-state index contributed by atoms with van der Waals surface area (Å²) in [6.45, 7) is 3.88. The first-order valence-electron chi connectivity index (χ1n) is 3.47. The fourth-order valence-electron chi connectivity index (χ4n) is 0.842. The lowest BCUT2D eigenvalue weighted by atomic mass is 10.1. The van der Waals surface area contributed by atoms with Gasteiger partial charge >= 0.3 is 0 Å². The summed E-state index contributed by atoms with van der Waals surface area (Å²) in [5, 5.41) is 11.7. The Balaban J connectivity index is 2.90. The normalized spacial score (nSPS) is 12.5. The molecule has 0 aliphatic rings. The topological polar surface area (TPSA) is 61.3 Å². The van der Waals surface area contributed by atoms with Crippen LogP contribution in [0.4, 0.5) is 0 Å². The molecule has 0 amide bonds. The van der Waals surface area contributed by atoms with E-state index in [4.69, 9.17) is 5.21 Å². The first kappa shape index (κ1) is 7.78. The van der Waals surface area contributed by atoms with Crippen molar-refractivity contribution >= 4 is 5.71 Å². The maximum Gasteiger partial charge on any atom is 0.155 e. The van der Waals surface area contributed by atoms with E-state index < -0.39 is 0 Å². The lowest BCUT2D eigenvalue weighted by molar-refractivity contribution is 0.316. The maximum absolute atomic E-state index is 8.60. The Bertz CT molecular complexity index is 238. The van der Waals surface area contributed by atoms with Gasteiger partial charge in [0.1, 0.15) is 5.71 Å². The zero-order chi connectivity index (χ0) is 8.27. The highest BCUT2D eigenvalue weighted by atomic mass is 16.4. The summed E-state index contributed by atoms with van der Waals surface area (Å²) >= 11 is 0. The number of hydrogen-bond acceptors (Lipinski definition) is 3. The van der Waals surface area contributed by atoms with Crippen molar-refractivity contribution in [3.63, 3.8) is 0 Å². The first-order valence-corrected chi connectivity index (χ1v) is 3.47. The monoisotopic (exact) mass is 153 g/mol. The van der Waals surface area contributed by atoms with Crippen LogP contribution in [0, 0.1) is 5.92 Å². The van der Waals surface area contributed by atoms with Gasteiger partial charge in [-0.3, -0.25) is 0 Å². The minimum Gasteiger partial charge on any atom is -0.411 e. The summed E-state index contributed by atoms with van der Waals surface area (Å²) < 4.78 is 0. The molecule has 0 radical (unpaired) electrons. The van der Waals surface area contributed by atoms with Crippen molar-refractivity contribution in [3.05, 3.63) is 18.2 Å². The predicted octanol–water partition coefficient (Wildman–Crippen LogP) is 1.24. The van der Waals surface area contributed by atoms with Gasteiger partial charge in [0.15, 0.2) is 5.82 Å². The van der Waals surface area contributed by atoms with Crippen molar-refractivity contribution in [1.29, 1.82) is 0 Å². The molecular weight excluding hydrogens is 142 g/mol. The van der Waals surface area contributed by atoms with Gasteiger partial charge in [0.05, 0.1) is 0 Å². The number of H-pyrrole nitrogens is 1. The van der Waals surface area contributed by atoms with Crippen molar-refractivity contribution in [2.75, 3.05) is 0 Å². The molecular formula is C7H11N3O. The molecule has 0 aliphatic carbocycles. The van der Waals surface area contributed by atoms with Crippen LogP contribution in [0.2, 0.25) is 0 Å². The molecule has 0 saturated heterocycles. The van der Waals surface area contributed by atoms with E-state index in [1.54, 1.807) is 12.4 Å². The quantitative estimate of drug-likeness (QED) is 0.381. The first-order chi connectivity index (χ1) is 5.25. The highest BCUT2D eigenvalue weighted by Gasteiger charge is 2.10. The van der Waals surface area contributed by atoms with Crippen molar-refractivity contribution in [2.45, 2.75) is 13.8 Å². The van der Waals surface area contributed by atoms with Crippen LogP contribution in [0.1, 0.15) is 19.7 Å². The van der Waals surface area contributed by atoms with E-state index in [9.17, 15) is 0 Å². The number of hydrogen-bond donors (Lipinski definition) is 2. The molecule has 0 saturated carbocycles. The van der Waals surface area contributed by atoms with Crippen molar-refractivity contribution in [2.24, 2.45) is 11.1 Å². The number of imidazole rings is 1. The summed E-state index contributed by atoms with van der Waals surface area (Å²) in [4.78, 5) is 6.83. The SMILES string of the molecule is CC(C)C(=NO)c1ncc[nH]1. The van der Waals surface area contributed by atoms with Crippen LogP contribution in [-0.2, 0) is 0 Å². The highest BCUT2D eigenvalue weighted by Crippen LogP contribution is 2.03. The Morgan fingerprint density at radius 1 is 1.73 bits per heavy atom. The predicted molar refractivity (Wildman–Crippen MR) is 41.7 cm³/mol. The third kappa shape index (κ3) is 1.58. The Kier molecular flexibility index (Phi) is 2.25. The van der Waals surface area contributed by atoms with E-state index in [1.807, 2.05) is 13.8 Å². The zero-order valence-corrected chi connectivity index (χ0v) is 6.57. The fourth-order valence-corrected chi connectivity index (χ4v) is 0.842. The van der Waals surface area contributed by atoms with Crippen molar-refractivity contribution in [3.8, 4) is 0 Å². The average Bonchev–Trinajstić information content (AvgIpc) is 2.40. The molecule has 0 bridgehead atoms. The van der Waals surface area contributed by atoms with Gasteiger partial charge in [0.2, 0.25) is 0 Å². The van der Waals surface area contributed by atoms with Gasteiger partial charge in [-0.2, -0.15) is 0 Å². The molecule has 1 rings (SSSR count). The minimum absolute atomic E-state index is 0.172. The van der Waals surface area contributed by atoms with Gasteiger partial charge in [0, 0.05) is 18.3 Å². The molecule has 0 fully saturated rings. The second-order valence-electron chi connectivity index (χ2n) is 2.58. The maximum atomic E-state index is 8.60. The molecule has 0 aliphatic heterocycles. The molecule has 2 N–H and O–H groups in total. The molecule has 0 spiro atoms. The third-order valence-electron chi connectivity index (χ3n) is 1.40. The summed E-state index contributed by atoms with van der Waals surface area (Å²) in [6.07, 6.45) is 3.33. The second-order valence-corrected chi connectivity index (χ2v) is 2.58. The summed E-state index contributed by atoms with van der Waals surface area (Å²) in [6, 6.07) is 0. The molecule has 11 heavy (non-hydrogen) atoms. The zero-order valence-electron chi connectivity index (χ0n) is 6.57. The summed E-state index contributed by atoms with van der Waals surface area (Å²) in [5.41, 5.74) is 0.579. The van der Waals surface area contributed by atoms with Crippen LogP contribution in [0.25, 0.3) is 0 Å². The van der Waals surface area contributed by atoms with E-state index >= 15 is 0 Å². The van der Waals surface area contributed by atoms with Gasteiger partial charge in [0.25, 0.3) is 0 Å².